The highest BCUT2D eigenvalue weighted by Gasteiger charge is 2.23. The normalized spacial score (nSPS) is 13.4. The molecule has 23 heavy (non-hydrogen) atoms. The fraction of sp³-hybridized carbons (Fsp3) is 0.333. The number of likely N-dealkylation sites (N-methyl/N-ethyl adjacent to an activating group) is 1. The van der Waals surface area contributed by atoms with Crippen molar-refractivity contribution in [3.8, 4) is 0 Å². The summed E-state index contributed by atoms with van der Waals surface area (Å²) in [4.78, 5) is 26.3. The molecule has 122 valence electrons. The topological polar surface area (TPSA) is 50.6 Å². The van der Waals surface area contributed by atoms with Gasteiger partial charge in [-0.05, 0) is 49.9 Å². The second-order valence-corrected chi connectivity index (χ2v) is 6.90. The maximum Gasteiger partial charge on any atom is 0.282 e. The van der Waals surface area contributed by atoms with Crippen LogP contribution >= 0.6 is 11.3 Å². The first kappa shape index (κ1) is 17.4. The first-order valence-electron chi connectivity index (χ1n) is 7.65. The van der Waals surface area contributed by atoms with Crippen molar-refractivity contribution in [3.63, 3.8) is 0 Å². The SMILES string of the molecule is CC(=O)c1cccc(NC(=O)[C@H](C)[NH+](C)Cc2sccc2C)c1. The van der Waals surface area contributed by atoms with Crippen LogP contribution in [-0.4, -0.2) is 24.8 Å². The summed E-state index contributed by atoms with van der Waals surface area (Å²) in [6.45, 7) is 6.36. The average Bonchev–Trinajstić information content (AvgIpc) is 2.91. The van der Waals surface area contributed by atoms with Crippen LogP contribution in [0.15, 0.2) is 35.7 Å². The summed E-state index contributed by atoms with van der Waals surface area (Å²) in [5.74, 6) is -0.0533. The molecule has 0 spiro atoms. The molecule has 1 aromatic carbocycles. The molecule has 0 fully saturated rings. The molecular weight excluding hydrogens is 308 g/mol. The van der Waals surface area contributed by atoms with Gasteiger partial charge in [-0.3, -0.25) is 9.59 Å². The largest absolute Gasteiger partial charge is 0.323 e. The van der Waals surface area contributed by atoms with E-state index in [-0.39, 0.29) is 17.7 Å². The Kier molecular flexibility index (Phi) is 5.69. The van der Waals surface area contributed by atoms with E-state index in [1.54, 1.807) is 35.6 Å². The van der Waals surface area contributed by atoms with E-state index in [2.05, 4.69) is 23.7 Å². The summed E-state index contributed by atoms with van der Waals surface area (Å²) in [6, 6.07) is 8.96. The number of nitrogens with one attached hydrogen (secondary N) is 2. The second kappa shape index (κ2) is 7.53. The molecule has 1 unspecified atom stereocenters. The van der Waals surface area contributed by atoms with Gasteiger partial charge in [-0.1, -0.05) is 12.1 Å². The molecule has 2 aromatic rings. The van der Waals surface area contributed by atoms with E-state index in [1.807, 2.05) is 14.0 Å². The average molecular weight is 331 g/mol. The van der Waals surface area contributed by atoms with Crippen LogP contribution in [0, 0.1) is 6.92 Å². The molecule has 2 N–H and O–H groups in total. The molecule has 4 nitrogen and oxygen atoms in total. The van der Waals surface area contributed by atoms with Crippen molar-refractivity contribution in [2.75, 3.05) is 12.4 Å². The monoisotopic (exact) mass is 331 g/mol. The molecule has 0 aliphatic carbocycles. The van der Waals surface area contributed by atoms with Gasteiger partial charge in [0.1, 0.15) is 6.54 Å². The number of rotatable bonds is 6. The quantitative estimate of drug-likeness (QED) is 0.798. The van der Waals surface area contributed by atoms with Gasteiger partial charge in [0, 0.05) is 11.3 Å². The lowest BCUT2D eigenvalue weighted by Gasteiger charge is -2.21. The first-order chi connectivity index (χ1) is 10.9. The molecule has 0 aliphatic rings. The Bertz CT molecular complexity index is 709. The maximum absolute atomic E-state index is 12.4. The van der Waals surface area contributed by atoms with Gasteiger partial charge in [0.25, 0.3) is 5.91 Å². The van der Waals surface area contributed by atoms with E-state index >= 15 is 0 Å². The third kappa shape index (κ3) is 4.50. The van der Waals surface area contributed by atoms with Crippen molar-refractivity contribution in [2.24, 2.45) is 0 Å². The maximum atomic E-state index is 12.4. The number of amides is 1. The highest BCUT2D eigenvalue weighted by Crippen LogP contribution is 2.14. The summed E-state index contributed by atoms with van der Waals surface area (Å²) in [7, 11) is 2.02. The predicted molar refractivity (Wildman–Crippen MR) is 94.2 cm³/mol. The van der Waals surface area contributed by atoms with Crippen LogP contribution in [0.3, 0.4) is 0 Å². The van der Waals surface area contributed by atoms with Crippen LogP contribution in [0.2, 0.25) is 0 Å². The zero-order valence-corrected chi connectivity index (χ0v) is 14.8. The number of anilines is 1. The highest BCUT2D eigenvalue weighted by atomic mass is 32.1. The zero-order chi connectivity index (χ0) is 17.0. The van der Waals surface area contributed by atoms with E-state index in [0.29, 0.717) is 11.3 Å². The third-order valence-electron chi connectivity index (χ3n) is 4.08. The number of carbonyl (C=O) groups excluding carboxylic acids is 2. The molecule has 0 aliphatic heterocycles. The molecule has 0 saturated heterocycles. The van der Waals surface area contributed by atoms with E-state index in [1.165, 1.54) is 17.4 Å². The first-order valence-corrected chi connectivity index (χ1v) is 8.53. The number of aryl methyl sites for hydroxylation is 1. The molecule has 2 rings (SSSR count). The molecule has 1 heterocycles. The van der Waals surface area contributed by atoms with Gasteiger partial charge in [0.15, 0.2) is 11.8 Å². The van der Waals surface area contributed by atoms with Crippen LogP contribution in [0.4, 0.5) is 5.69 Å². The molecule has 1 aromatic heterocycles. The van der Waals surface area contributed by atoms with Crippen molar-refractivity contribution in [1.29, 1.82) is 0 Å². The molecular formula is C18H23N2O2S+. The van der Waals surface area contributed by atoms with Gasteiger partial charge < -0.3 is 10.2 Å². The minimum Gasteiger partial charge on any atom is -0.323 e. The predicted octanol–water partition coefficient (Wildman–Crippen LogP) is 2.30. The van der Waals surface area contributed by atoms with Crippen molar-refractivity contribution >= 4 is 28.7 Å². The molecule has 0 bridgehead atoms. The van der Waals surface area contributed by atoms with E-state index < -0.39 is 0 Å². The summed E-state index contributed by atoms with van der Waals surface area (Å²) >= 11 is 1.73. The number of carbonyl (C=O) groups is 2. The highest BCUT2D eigenvalue weighted by molar-refractivity contribution is 7.10. The smallest absolute Gasteiger partial charge is 0.282 e. The Morgan fingerprint density at radius 2 is 2.04 bits per heavy atom. The molecule has 2 atom stereocenters. The van der Waals surface area contributed by atoms with Crippen LogP contribution in [-0.2, 0) is 11.3 Å². The summed E-state index contributed by atoms with van der Waals surface area (Å²) in [5.41, 5.74) is 2.54. The Morgan fingerprint density at radius 3 is 2.65 bits per heavy atom. The number of thiophene rings is 1. The van der Waals surface area contributed by atoms with Crippen LogP contribution in [0.5, 0.6) is 0 Å². The fourth-order valence-electron chi connectivity index (χ4n) is 2.28. The van der Waals surface area contributed by atoms with Crippen molar-refractivity contribution in [2.45, 2.75) is 33.4 Å². The van der Waals surface area contributed by atoms with Crippen LogP contribution in [0.1, 0.15) is 34.6 Å². The number of ketones is 1. The Morgan fingerprint density at radius 1 is 1.30 bits per heavy atom. The number of benzene rings is 1. The number of hydrogen-bond acceptors (Lipinski definition) is 3. The van der Waals surface area contributed by atoms with Gasteiger partial charge in [0.2, 0.25) is 0 Å². The van der Waals surface area contributed by atoms with E-state index in [0.717, 1.165) is 11.4 Å². The fourth-order valence-corrected chi connectivity index (χ4v) is 3.28. The standard InChI is InChI=1S/C18H22N2O2S/c1-12-8-9-23-17(12)11-20(4)13(2)18(22)19-16-7-5-6-15(10-16)14(3)21/h5-10,13H,11H2,1-4H3,(H,19,22)/p+1/t13-/m0/s1. The molecule has 5 heteroatoms. The van der Waals surface area contributed by atoms with Gasteiger partial charge >= 0.3 is 0 Å². The Balaban J connectivity index is 2.00. The number of Topliss-reactive ketones (excluding diaryl/α,β-unsaturated/α-hetero) is 1. The summed E-state index contributed by atoms with van der Waals surface area (Å²) in [6.07, 6.45) is 0. The minimum absolute atomic E-state index is 0.00920. The number of quaternary nitrogens is 1. The van der Waals surface area contributed by atoms with Crippen molar-refractivity contribution < 1.29 is 14.5 Å². The van der Waals surface area contributed by atoms with Crippen molar-refractivity contribution in [3.05, 3.63) is 51.7 Å². The second-order valence-electron chi connectivity index (χ2n) is 5.90. The van der Waals surface area contributed by atoms with E-state index in [9.17, 15) is 9.59 Å². The lowest BCUT2D eigenvalue weighted by atomic mass is 10.1. The van der Waals surface area contributed by atoms with Gasteiger partial charge in [-0.15, -0.1) is 11.3 Å². The Labute approximate surface area is 141 Å². The lowest BCUT2D eigenvalue weighted by molar-refractivity contribution is -0.907. The van der Waals surface area contributed by atoms with Gasteiger partial charge in [-0.25, -0.2) is 0 Å². The third-order valence-corrected chi connectivity index (χ3v) is 5.10. The summed E-state index contributed by atoms with van der Waals surface area (Å²) < 4.78 is 0. The minimum atomic E-state index is -0.183. The molecule has 0 saturated carbocycles. The van der Waals surface area contributed by atoms with Crippen LogP contribution in [0.25, 0.3) is 0 Å². The van der Waals surface area contributed by atoms with Crippen LogP contribution < -0.4 is 10.2 Å². The number of hydrogen-bond donors (Lipinski definition) is 2. The van der Waals surface area contributed by atoms with Gasteiger partial charge in [-0.2, -0.15) is 0 Å². The molecule has 0 radical (unpaired) electrons. The lowest BCUT2D eigenvalue weighted by Crippen LogP contribution is -3.12. The summed E-state index contributed by atoms with van der Waals surface area (Å²) in [5, 5.41) is 4.98. The van der Waals surface area contributed by atoms with Gasteiger partial charge in [0.05, 0.1) is 11.9 Å². The van der Waals surface area contributed by atoms with E-state index in [4.69, 9.17) is 0 Å². The van der Waals surface area contributed by atoms with Crippen molar-refractivity contribution in [1.82, 2.24) is 0 Å². The Hall–Kier alpha value is -1.98. The zero-order valence-electron chi connectivity index (χ0n) is 14.0. The molecule has 1 amide bonds.